The van der Waals surface area contributed by atoms with Crippen molar-refractivity contribution in [2.75, 3.05) is 0 Å². The Balaban J connectivity index is 1.94. The summed E-state index contributed by atoms with van der Waals surface area (Å²) in [5, 5.41) is 1.01. The molecule has 0 spiro atoms. The Kier molecular flexibility index (Phi) is 3.51. The molecule has 0 fully saturated rings. The SMILES string of the molecule is Cc1nc2c(sc3nc(-c4ccccc4)c4c(c32)CC(C)(C)OC4)c(=O)[nH]1. The Bertz CT molecular complexity index is 1260. The molecule has 0 saturated heterocycles. The van der Waals surface area contributed by atoms with Gasteiger partial charge in [0.15, 0.2) is 0 Å². The van der Waals surface area contributed by atoms with Crippen LogP contribution < -0.4 is 5.56 Å². The average molecular weight is 377 g/mol. The molecule has 6 heteroatoms. The Hall–Kier alpha value is -2.57. The van der Waals surface area contributed by atoms with E-state index in [1.807, 2.05) is 25.1 Å². The molecule has 0 bridgehead atoms. The first-order chi connectivity index (χ1) is 12.9. The van der Waals surface area contributed by atoms with E-state index in [0.29, 0.717) is 17.1 Å². The summed E-state index contributed by atoms with van der Waals surface area (Å²) in [4.78, 5) is 25.8. The molecule has 0 saturated carbocycles. The number of ether oxygens (including phenoxy) is 1. The van der Waals surface area contributed by atoms with Crippen LogP contribution in [0.15, 0.2) is 35.1 Å². The van der Waals surface area contributed by atoms with E-state index in [4.69, 9.17) is 9.72 Å². The molecule has 1 N–H and O–H groups in total. The summed E-state index contributed by atoms with van der Waals surface area (Å²) < 4.78 is 6.75. The van der Waals surface area contributed by atoms with E-state index in [9.17, 15) is 4.79 Å². The van der Waals surface area contributed by atoms with Crippen molar-refractivity contribution in [3.8, 4) is 11.3 Å². The summed E-state index contributed by atoms with van der Waals surface area (Å²) in [6.45, 7) is 6.53. The zero-order valence-electron chi connectivity index (χ0n) is 15.4. The number of pyridine rings is 1. The maximum absolute atomic E-state index is 12.5. The zero-order chi connectivity index (χ0) is 18.8. The van der Waals surface area contributed by atoms with Crippen molar-refractivity contribution in [2.24, 2.45) is 0 Å². The summed E-state index contributed by atoms with van der Waals surface area (Å²) in [7, 11) is 0. The number of aryl methyl sites for hydroxylation is 1. The largest absolute Gasteiger partial charge is 0.370 e. The number of hydrogen-bond acceptors (Lipinski definition) is 5. The third kappa shape index (κ3) is 2.59. The average Bonchev–Trinajstić information content (AvgIpc) is 3.00. The number of hydrogen-bond donors (Lipinski definition) is 1. The van der Waals surface area contributed by atoms with Crippen LogP contribution in [0.1, 0.15) is 30.8 Å². The number of thiophene rings is 1. The standard InChI is InChI=1S/C21H19N3O2S/c1-11-22-17-15-13-9-21(2,3)26-10-14(13)16(12-7-5-4-6-8-12)24-20(15)27-18(17)19(25)23-11/h4-8H,9-10H2,1-3H3,(H,22,23,25). The first-order valence-electron chi connectivity index (χ1n) is 8.97. The summed E-state index contributed by atoms with van der Waals surface area (Å²) in [5.74, 6) is 0.624. The highest BCUT2D eigenvalue weighted by molar-refractivity contribution is 7.25. The molecule has 0 radical (unpaired) electrons. The Morgan fingerprint density at radius 3 is 2.70 bits per heavy atom. The molecule has 27 heavy (non-hydrogen) atoms. The summed E-state index contributed by atoms with van der Waals surface area (Å²) >= 11 is 1.42. The maximum atomic E-state index is 12.5. The third-order valence-electron chi connectivity index (χ3n) is 5.07. The number of aromatic nitrogens is 3. The number of benzene rings is 1. The molecule has 0 aliphatic carbocycles. The van der Waals surface area contributed by atoms with Gasteiger partial charge in [0.1, 0.15) is 15.4 Å². The van der Waals surface area contributed by atoms with Crippen LogP contribution in [0.3, 0.4) is 0 Å². The smallest absolute Gasteiger partial charge is 0.268 e. The van der Waals surface area contributed by atoms with Crippen molar-refractivity contribution in [2.45, 2.75) is 39.4 Å². The number of H-pyrrole nitrogens is 1. The highest BCUT2D eigenvalue weighted by atomic mass is 32.1. The van der Waals surface area contributed by atoms with Crippen LogP contribution in [0.25, 0.3) is 31.7 Å². The molecule has 3 aromatic heterocycles. The van der Waals surface area contributed by atoms with Gasteiger partial charge in [0.05, 0.1) is 23.4 Å². The van der Waals surface area contributed by atoms with Gasteiger partial charge in [-0.2, -0.15) is 0 Å². The van der Waals surface area contributed by atoms with E-state index in [1.54, 1.807) is 0 Å². The Labute approximate surface area is 160 Å². The molecule has 136 valence electrons. The fraction of sp³-hybridized carbons (Fsp3) is 0.286. The van der Waals surface area contributed by atoms with Crippen molar-refractivity contribution in [1.29, 1.82) is 0 Å². The van der Waals surface area contributed by atoms with Gasteiger partial charge in [-0.05, 0) is 26.3 Å². The monoisotopic (exact) mass is 377 g/mol. The predicted octanol–water partition coefficient (Wildman–Crippen LogP) is 4.36. The Morgan fingerprint density at radius 2 is 1.93 bits per heavy atom. The minimum atomic E-state index is -0.264. The number of nitrogens with zero attached hydrogens (tertiary/aromatic N) is 2. The summed E-state index contributed by atoms with van der Waals surface area (Å²) in [6, 6.07) is 10.2. The second-order valence-electron chi connectivity index (χ2n) is 7.62. The van der Waals surface area contributed by atoms with E-state index in [2.05, 4.69) is 35.9 Å². The Morgan fingerprint density at radius 1 is 1.15 bits per heavy atom. The van der Waals surface area contributed by atoms with Crippen molar-refractivity contribution in [3.05, 3.63) is 57.6 Å². The van der Waals surface area contributed by atoms with Gasteiger partial charge in [-0.3, -0.25) is 4.79 Å². The van der Waals surface area contributed by atoms with Crippen LogP contribution in [0, 0.1) is 6.92 Å². The molecule has 4 heterocycles. The minimum absolute atomic E-state index is 0.0955. The van der Waals surface area contributed by atoms with Gasteiger partial charge in [0, 0.05) is 22.9 Å². The van der Waals surface area contributed by atoms with E-state index in [1.165, 1.54) is 16.9 Å². The highest BCUT2D eigenvalue weighted by Gasteiger charge is 2.32. The number of fused-ring (bicyclic) bond motifs is 5. The molecular weight excluding hydrogens is 358 g/mol. The molecule has 0 amide bonds. The lowest BCUT2D eigenvalue weighted by Gasteiger charge is -2.33. The molecule has 1 aromatic carbocycles. The second-order valence-corrected chi connectivity index (χ2v) is 8.62. The van der Waals surface area contributed by atoms with E-state index >= 15 is 0 Å². The number of aromatic amines is 1. The maximum Gasteiger partial charge on any atom is 0.268 e. The first kappa shape index (κ1) is 16.6. The first-order valence-corrected chi connectivity index (χ1v) is 9.79. The van der Waals surface area contributed by atoms with Crippen molar-refractivity contribution in [3.63, 3.8) is 0 Å². The molecule has 1 aliphatic heterocycles. The fourth-order valence-electron chi connectivity index (χ4n) is 3.83. The van der Waals surface area contributed by atoms with Crippen molar-refractivity contribution < 1.29 is 4.74 Å². The van der Waals surface area contributed by atoms with E-state index in [0.717, 1.165) is 39.0 Å². The van der Waals surface area contributed by atoms with Gasteiger partial charge in [-0.1, -0.05) is 30.3 Å². The van der Waals surface area contributed by atoms with Gasteiger partial charge in [0.25, 0.3) is 5.56 Å². The number of nitrogens with one attached hydrogen (secondary N) is 1. The lowest BCUT2D eigenvalue weighted by atomic mass is 9.88. The highest BCUT2D eigenvalue weighted by Crippen LogP contribution is 2.42. The normalized spacial score (nSPS) is 16.0. The van der Waals surface area contributed by atoms with Crippen LogP contribution >= 0.6 is 11.3 Å². The van der Waals surface area contributed by atoms with Crippen molar-refractivity contribution >= 4 is 31.8 Å². The number of rotatable bonds is 1. The van der Waals surface area contributed by atoms with Crippen molar-refractivity contribution in [1.82, 2.24) is 15.0 Å². The molecule has 0 atom stereocenters. The van der Waals surface area contributed by atoms with Gasteiger partial charge < -0.3 is 9.72 Å². The van der Waals surface area contributed by atoms with Crippen LogP contribution in [-0.2, 0) is 17.8 Å². The summed E-state index contributed by atoms with van der Waals surface area (Å²) in [6.07, 6.45) is 0.764. The fourth-order valence-corrected chi connectivity index (χ4v) is 4.87. The van der Waals surface area contributed by atoms with Crippen LogP contribution in [0.5, 0.6) is 0 Å². The molecule has 4 aromatic rings. The van der Waals surface area contributed by atoms with Crippen LogP contribution in [0.2, 0.25) is 0 Å². The molecule has 0 unspecified atom stereocenters. The quantitative estimate of drug-likeness (QED) is 0.535. The van der Waals surface area contributed by atoms with Gasteiger partial charge >= 0.3 is 0 Å². The summed E-state index contributed by atoms with van der Waals surface area (Å²) in [5.41, 5.74) is 4.72. The molecular formula is C21H19N3O2S. The molecule has 5 rings (SSSR count). The minimum Gasteiger partial charge on any atom is -0.370 e. The van der Waals surface area contributed by atoms with Gasteiger partial charge in [-0.15, -0.1) is 11.3 Å². The predicted molar refractivity (Wildman–Crippen MR) is 108 cm³/mol. The van der Waals surface area contributed by atoms with E-state index < -0.39 is 0 Å². The molecule has 1 aliphatic rings. The lowest BCUT2D eigenvalue weighted by molar-refractivity contribution is -0.0394. The van der Waals surface area contributed by atoms with Gasteiger partial charge in [-0.25, -0.2) is 9.97 Å². The third-order valence-corrected chi connectivity index (χ3v) is 6.14. The zero-order valence-corrected chi connectivity index (χ0v) is 16.2. The van der Waals surface area contributed by atoms with Gasteiger partial charge in [0.2, 0.25) is 0 Å². The van der Waals surface area contributed by atoms with Crippen LogP contribution in [0.4, 0.5) is 0 Å². The van der Waals surface area contributed by atoms with Crippen LogP contribution in [-0.4, -0.2) is 20.6 Å². The second kappa shape index (κ2) is 5.71. The molecule has 5 nitrogen and oxygen atoms in total. The van der Waals surface area contributed by atoms with E-state index in [-0.39, 0.29) is 11.2 Å². The topological polar surface area (TPSA) is 67.9 Å². The lowest BCUT2D eigenvalue weighted by Crippen LogP contribution is -2.32.